The van der Waals surface area contributed by atoms with Gasteiger partial charge in [0.25, 0.3) is 0 Å². The van der Waals surface area contributed by atoms with Gasteiger partial charge in [0, 0.05) is 17.2 Å². The smallest absolute Gasteiger partial charge is 0.246 e. The van der Waals surface area contributed by atoms with Crippen molar-refractivity contribution < 1.29 is 19.2 Å². The van der Waals surface area contributed by atoms with Crippen molar-refractivity contribution in [3.8, 4) is 0 Å². The first-order chi connectivity index (χ1) is 11.0. The standard InChI is InChI=1S/C17H24N2O4/c1-4-13-15(11(3)20)10(2)18-16(13)14(21)9-23-19-17(22)12-7-5-6-8-12/h12,18H,4-9H2,1-3H3,(H,19,22). The Morgan fingerprint density at radius 3 is 2.48 bits per heavy atom. The van der Waals surface area contributed by atoms with E-state index in [-0.39, 0.29) is 30.0 Å². The van der Waals surface area contributed by atoms with E-state index in [4.69, 9.17) is 4.84 Å². The van der Waals surface area contributed by atoms with E-state index in [1.807, 2.05) is 6.92 Å². The summed E-state index contributed by atoms with van der Waals surface area (Å²) in [6, 6.07) is 0. The Hall–Kier alpha value is -1.95. The first-order valence-electron chi connectivity index (χ1n) is 8.12. The van der Waals surface area contributed by atoms with Gasteiger partial charge in [0.05, 0.1) is 5.69 Å². The van der Waals surface area contributed by atoms with Gasteiger partial charge in [-0.3, -0.25) is 19.2 Å². The van der Waals surface area contributed by atoms with Crippen LogP contribution in [0.3, 0.4) is 0 Å². The zero-order valence-electron chi connectivity index (χ0n) is 14.0. The Bertz CT molecular complexity index is 612. The molecule has 1 aromatic rings. The summed E-state index contributed by atoms with van der Waals surface area (Å²) in [5.41, 5.74) is 4.74. The number of rotatable bonds is 7. The Morgan fingerprint density at radius 2 is 1.91 bits per heavy atom. The van der Waals surface area contributed by atoms with Crippen LogP contribution in [0.4, 0.5) is 0 Å². The molecule has 126 valence electrons. The van der Waals surface area contributed by atoms with Crippen molar-refractivity contribution in [1.82, 2.24) is 10.5 Å². The number of hydrogen-bond acceptors (Lipinski definition) is 4. The lowest BCUT2D eigenvalue weighted by molar-refractivity contribution is -0.136. The molecule has 2 rings (SSSR count). The Morgan fingerprint density at radius 1 is 1.26 bits per heavy atom. The SMILES string of the molecule is CCc1c(C(=O)CONC(=O)C2CCCC2)[nH]c(C)c1C(C)=O. The van der Waals surface area contributed by atoms with Crippen LogP contribution in [0.1, 0.15) is 71.6 Å². The molecule has 1 amide bonds. The predicted molar refractivity (Wildman–Crippen MR) is 85.3 cm³/mol. The Labute approximate surface area is 135 Å². The van der Waals surface area contributed by atoms with Crippen molar-refractivity contribution in [3.63, 3.8) is 0 Å². The number of ketones is 2. The van der Waals surface area contributed by atoms with E-state index in [1.54, 1.807) is 6.92 Å². The largest absolute Gasteiger partial charge is 0.355 e. The van der Waals surface area contributed by atoms with Crippen molar-refractivity contribution in [2.45, 2.75) is 52.9 Å². The van der Waals surface area contributed by atoms with Gasteiger partial charge in [-0.1, -0.05) is 19.8 Å². The van der Waals surface area contributed by atoms with E-state index in [9.17, 15) is 14.4 Å². The fraction of sp³-hybridized carbons (Fsp3) is 0.588. The van der Waals surface area contributed by atoms with Crippen LogP contribution in [0.15, 0.2) is 0 Å². The van der Waals surface area contributed by atoms with E-state index in [2.05, 4.69) is 10.5 Å². The highest BCUT2D eigenvalue weighted by Crippen LogP contribution is 2.24. The summed E-state index contributed by atoms with van der Waals surface area (Å²) in [6.45, 7) is 4.91. The number of Topliss-reactive ketones (excluding diaryl/α,β-unsaturated/α-hetero) is 2. The molecule has 1 saturated carbocycles. The lowest BCUT2D eigenvalue weighted by atomic mass is 10.0. The van der Waals surface area contributed by atoms with Gasteiger partial charge in [0.1, 0.15) is 6.61 Å². The molecule has 0 aromatic carbocycles. The third-order valence-corrected chi connectivity index (χ3v) is 4.38. The zero-order valence-corrected chi connectivity index (χ0v) is 14.0. The maximum Gasteiger partial charge on any atom is 0.246 e. The number of hydrogen-bond donors (Lipinski definition) is 2. The van der Waals surface area contributed by atoms with Crippen molar-refractivity contribution in [1.29, 1.82) is 0 Å². The molecule has 0 radical (unpaired) electrons. The number of H-pyrrole nitrogens is 1. The molecule has 1 aliphatic carbocycles. The molecule has 0 bridgehead atoms. The number of nitrogens with one attached hydrogen (secondary N) is 2. The molecule has 2 N–H and O–H groups in total. The van der Waals surface area contributed by atoms with Crippen LogP contribution in [-0.2, 0) is 16.1 Å². The molecule has 0 aliphatic heterocycles. The molecule has 1 fully saturated rings. The monoisotopic (exact) mass is 320 g/mol. The van der Waals surface area contributed by atoms with Gasteiger partial charge < -0.3 is 4.98 Å². The molecular formula is C17H24N2O4. The normalized spacial score (nSPS) is 14.9. The Balaban J connectivity index is 1.97. The third-order valence-electron chi connectivity index (χ3n) is 4.38. The van der Waals surface area contributed by atoms with Crippen LogP contribution < -0.4 is 5.48 Å². The van der Waals surface area contributed by atoms with Gasteiger partial charge in [-0.2, -0.15) is 0 Å². The predicted octanol–water partition coefficient (Wildman–Crippen LogP) is 2.51. The summed E-state index contributed by atoms with van der Waals surface area (Å²) in [5, 5.41) is 0. The number of amides is 1. The quantitative estimate of drug-likeness (QED) is 0.597. The number of aromatic nitrogens is 1. The van der Waals surface area contributed by atoms with Gasteiger partial charge >= 0.3 is 0 Å². The average Bonchev–Trinajstić information content (AvgIpc) is 3.13. The lowest BCUT2D eigenvalue weighted by Gasteiger charge is -2.10. The van der Waals surface area contributed by atoms with Crippen LogP contribution in [0, 0.1) is 12.8 Å². The van der Waals surface area contributed by atoms with Gasteiger partial charge in [-0.15, -0.1) is 0 Å². The maximum atomic E-state index is 12.3. The average molecular weight is 320 g/mol. The minimum Gasteiger partial charge on any atom is -0.355 e. The van der Waals surface area contributed by atoms with Gasteiger partial charge in [0.15, 0.2) is 5.78 Å². The van der Waals surface area contributed by atoms with E-state index < -0.39 is 0 Å². The molecule has 0 saturated heterocycles. The van der Waals surface area contributed by atoms with Crippen molar-refractivity contribution >= 4 is 17.5 Å². The molecule has 0 unspecified atom stereocenters. The van der Waals surface area contributed by atoms with E-state index in [0.29, 0.717) is 28.9 Å². The van der Waals surface area contributed by atoms with Crippen LogP contribution >= 0.6 is 0 Å². The summed E-state index contributed by atoms with van der Waals surface area (Å²) in [5.74, 6) is -0.499. The van der Waals surface area contributed by atoms with Crippen molar-refractivity contribution in [2.75, 3.05) is 6.61 Å². The highest BCUT2D eigenvalue weighted by Gasteiger charge is 2.24. The second kappa shape index (κ2) is 7.55. The van der Waals surface area contributed by atoms with Crippen LogP contribution in [-0.4, -0.2) is 29.1 Å². The van der Waals surface area contributed by atoms with E-state index in [1.165, 1.54) is 6.92 Å². The minimum atomic E-state index is -0.274. The van der Waals surface area contributed by atoms with Crippen molar-refractivity contribution in [3.05, 3.63) is 22.5 Å². The number of hydroxylamine groups is 1. The maximum absolute atomic E-state index is 12.3. The summed E-state index contributed by atoms with van der Waals surface area (Å²) in [6.07, 6.45) is 4.45. The first-order valence-corrected chi connectivity index (χ1v) is 8.12. The Kier molecular flexibility index (Phi) is 5.71. The highest BCUT2D eigenvalue weighted by molar-refractivity contribution is 6.03. The fourth-order valence-electron chi connectivity index (χ4n) is 3.26. The second-order valence-corrected chi connectivity index (χ2v) is 6.05. The molecule has 1 aromatic heterocycles. The fourth-order valence-corrected chi connectivity index (χ4v) is 3.26. The molecule has 6 nitrogen and oxygen atoms in total. The topological polar surface area (TPSA) is 88.3 Å². The van der Waals surface area contributed by atoms with Crippen molar-refractivity contribution in [2.24, 2.45) is 5.92 Å². The van der Waals surface area contributed by atoms with Crippen LogP contribution in [0.5, 0.6) is 0 Å². The zero-order chi connectivity index (χ0) is 17.0. The summed E-state index contributed by atoms with van der Waals surface area (Å²) < 4.78 is 0. The number of carbonyl (C=O) groups is 3. The molecule has 6 heteroatoms. The summed E-state index contributed by atoms with van der Waals surface area (Å²) >= 11 is 0. The molecule has 0 atom stereocenters. The van der Waals surface area contributed by atoms with Crippen LogP contribution in [0.2, 0.25) is 0 Å². The van der Waals surface area contributed by atoms with Gasteiger partial charge in [-0.05, 0) is 38.7 Å². The third kappa shape index (κ3) is 3.88. The molecule has 23 heavy (non-hydrogen) atoms. The molecule has 1 aliphatic rings. The second-order valence-electron chi connectivity index (χ2n) is 6.05. The lowest BCUT2D eigenvalue weighted by Crippen LogP contribution is -2.31. The number of aryl methyl sites for hydroxylation is 1. The number of carbonyl (C=O) groups excluding carboxylic acids is 3. The first kappa shape index (κ1) is 17.4. The molecule has 1 heterocycles. The van der Waals surface area contributed by atoms with E-state index in [0.717, 1.165) is 25.7 Å². The molecular weight excluding hydrogens is 296 g/mol. The highest BCUT2D eigenvalue weighted by atomic mass is 16.7. The summed E-state index contributed by atoms with van der Waals surface area (Å²) in [7, 11) is 0. The summed E-state index contributed by atoms with van der Waals surface area (Å²) in [4.78, 5) is 43.9. The minimum absolute atomic E-state index is 0.00616. The van der Waals surface area contributed by atoms with E-state index >= 15 is 0 Å². The van der Waals surface area contributed by atoms with Crippen LogP contribution in [0.25, 0.3) is 0 Å². The molecule has 0 spiro atoms. The van der Waals surface area contributed by atoms with Gasteiger partial charge in [0.2, 0.25) is 11.7 Å². The van der Waals surface area contributed by atoms with Gasteiger partial charge in [-0.25, -0.2) is 5.48 Å². The number of aromatic amines is 1.